The lowest BCUT2D eigenvalue weighted by atomic mass is 10.0. The number of halogens is 1. The third-order valence-electron chi connectivity index (χ3n) is 3.10. The van der Waals surface area contributed by atoms with Crippen molar-refractivity contribution in [3.63, 3.8) is 0 Å². The molecule has 0 saturated carbocycles. The number of ether oxygens (including phenoxy) is 1. The van der Waals surface area contributed by atoms with Gasteiger partial charge in [0.2, 0.25) is 0 Å². The number of aryl methyl sites for hydroxylation is 2. The number of benzene rings is 1. The zero-order valence-electron chi connectivity index (χ0n) is 12.1. The van der Waals surface area contributed by atoms with Gasteiger partial charge in [0.05, 0.1) is 6.61 Å². The summed E-state index contributed by atoms with van der Waals surface area (Å²) in [6, 6.07) is 3.59. The molecule has 0 radical (unpaired) electrons. The molecule has 0 unspecified atom stereocenters. The predicted octanol–water partition coefficient (Wildman–Crippen LogP) is 4.22. The topological polar surface area (TPSA) is 26.3 Å². The zero-order chi connectivity index (χ0) is 14.3. The fourth-order valence-corrected chi connectivity index (χ4v) is 2.07. The Morgan fingerprint density at radius 3 is 2.63 bits per heavy atom. The molecule has 0 heterocycles. The van der Waals surface area contributed by atoms with E-state index in [1.807, 2.05) is 26.8 Å². The second kappa shape index (κ2) is 7.93. The van der Waals surface area contributed by atoms with Crippen molar-refractivity contribution >= 4 is 5.78 Å². The van der Waals surface area contributed by atoms with E-state index in [1.165, 1.54) is 0 Å². The van der Waals surface area contributed by atoms with Crippen molar-refractivity contribution in [3.05, 3.63) is 29.1 Å². The van der Waals surface area contributed by atoms with Gasteiger partial charge >= 0.3 is 0 Å². The summed E-state index contributed by atoms with van der Waals surface area (Å²) in [7, 11) is 0. The van der Waals surface area contributed by atoms with Crippen molar-refractivity contribution in [2.45, 2.75) is 52.9 Å². The lowest BCUT2D eigenvalue weighted by Gasteiger charge is -2.10. The Kier molecular flexibility index (Phi) is 6.54. The summed E-state index contributed by atoms with van der Waals surface area (Å²) >= 11 is 0. The first kappa shape index (κ1) is 15.7. The van der Waals surface area contributed by atoms with Crippen molar-refractivity contribution in [2.75, 3.05) is 6.61 Å². The lowest BCUT2D eigenvalue weighted by Crippen LogP contribution is -2.01. The Morgan fingerprint density at radius 2 is 2.00 bits per heavy atom. The second-order valence-corrected chi connectivity index (χ2v) is 4.77. The van der Waals surface area contributed by atoms with Crippen LogP contribution < -0.4 is 4.74 Å². The minimum Gasteiger partial charge on any atom is -0.491 e. The Hall–Kier alpha value is -1.38. The largest absolute Gasteiger partial charge is 0.491 e. The summed E-state index contributed by atoms with van der Waals surface area (Å²) in [6.45, 7) is 6.12. The molecule has 0 saturated heterocycles. The van der Waals surface area contributed by atoms with Crippen LogP contribution >= 0.6 is 0 Å². The van der Waals surface area contributed by atoms with Crippen molar-refractivity contribution in [2.24, 2.45) is 0 Å². The normalized spacial score (nSPS) is 10.5. The third kappa shape index (κ3) is 5.01. The van der Waals surface area contributed by atoms with Crippen molar-refractivity contribution < 1.29 is 13.9 Å². The van der Waals surface area contributed by atoms with Crippen molar-refractivity contribution in [1.29, 1.82) is 0 Å². The number of hydrogen-bond donors (Lipinski definition) is 0. The smallest absolute Gasteiger partial charge is 0.168 e. The highest BCUT2D eigenvalue weighted by Gasteiger charge is 2.10. The fraction of sp³-hybridized carbons (Fsp3) is 0.562. The second-order valence-electron chi connectivity index (χ2n) is 4.77. The monoisotopic (exact) mass is 266 g/mol. The summed E-state index contributed by atoms with van der Waals surface area (Å²) in [5, 5.41) is 0. The molecule has 0 aromatic heterocycles. The van der Waals surface area contributed by atoms with Gasteiger partial charge in [0, 0.05) is 12.8 Å². The van der Waals surface area contributed by atoms with Crippen LogP contribution in [0.5, 0.6) is 5.75 Å². The van der Waals surface area contributed by atoms with Gasteiger partial charge < -0.3 is 4.74 Å². The Bertz CT molecular complexity index is 427. The van der Waals surface area contributed by atoms with Crippen molar-refractivity contribution in [1.82, 2.24) is 0 Å². The Morgan fingerprint density at radius 1 is 1.26 bits per heavy atom. The van der Waals surface area contributed by atoms with Crippen LogP contribution in [0.25, 0.3) is 0 Å². The van der Waals surface area contributed by atoms with Gasteiger partial charge in [-0.1, -0.05) is 13.0 Å². The van der Waals surface area contributed by atoms with E-state index in [2.05, 4.69) is 0 Å². The molecule has 1 rings (SSSR count). The number of rotatable bonds is 8. The van der Waals surface area contributed by atoms with Crippen LogP contribution in [0.4, 0.5) is 4.39 Å². The molecule has 0 aliphatic rings. The highest BCUT2D eigenvalue weighted by atomic mass is 19.1. The summed E-state index contributed by atoms with van der Waals surface area (Å²) in [5.41, 5.74) is 1.69. The van der Waals surface area contributed by atoms with E-state index in [-0.39, 0.29) is 11.6 Å². The van der Waals surface area contributed by atoms with Gasteiger partial charge in [0.1, 0.15) is 5.78 Å². The van der Waals surface area contributed by atoms with E-state index in [9.17, 15) is 9.18 Å². The molecule has 0 N–H and O–H groups in total. The van der Waals surface area contributed by atoms with Crippen LogP contribution in [-0.2, 0) is 11.2 Å². The molecule has 0 spiro atoms. The van der Waals surface area contributed by atoms with Gasteiger partial charge in [-0.3, -0.25) is 4.79 Å². The number of hydrogen-bond acceptors (Lipinski definition) is 2. The highest BCUT2D eigenvalue weighted by Crippen LogP contribution is 2.24. The maximum absolute atomic E-state index is 14.1. The molecule has 19 heavy (non-hydrogen) atoms. The van der Waals surface area contributed by atoms with Crippen LogP contribution in [-0.4, -0.2) is 12.4 Å². The molecule has 0 fully saturated rings. The predicted molar refractivity (Wildman–Crippen MR) is 75.2 cm³/mol. The maximum Gasteiger partial charge on any atom is 0.168 e. The van der Waals surface area contributed by atoms with Crippen LogP contribution in [0.15, 0.2) is 12.1 Å². The van der Waals surface area contributed by atoms with Crippen molar-refractivity contribution in [3.8, 4) is 5.75 Å². The zero-order valence-corrected chi connectivity index (χ0v) is 12.1. The summed E-state index contributed by atoms with van der Waals surface area (Å²) in [6.07, 6.45) is 3.50. The minimum absolute atomic E-state index is 0.255. The number of Topliss-reactive ketones (excluding diaryl/α,β-unsaturated/α-hetero) is 1. The molecule has 1 aromatic rings. The van der Waals surface area contributed by atoms with E-state index in [1.54, 1.807) is 6.07 Å². The summed E-state index contributed by atoms with van der Waals surface area (Å²) in [5.74, 6) is 0.358. The lowest BCUT2D eigenvalue weighted by molar-refractivity contribution is -0.118. The highest BCUT2D eigenvalue weighted by molar-refractivity contribution is 5.77. The summed E-state index contributed by atoms with van der Waals surface area (Å²) < 4.78 is 19.4. The van der Waals surface area contributed by atoms with E-state index < -0.39 is 0 Å². The maximum atomic E-state index is 14.1. The average molecular weight is 266 g/mol. The molecule has 0 aliphatic carbocycles. The molecule has 106 valence electrons. The SMILES string of the molecule is CCOc1cc(C)cc(CCCCC(=O)CC)c1F. The standard InChI is InChI=1S/C16H23FO2/c1-4-14(18)9-7-6-8-13-10-12(3)11-15(16(13)17)19-5-2/h10-11H,4-9H2,1-3H3. The van der Waals surface area contributed by atoms with E-state index in [0.717, 1.165) is 18.4 Å². The van der Waals surface area contributed by atoms with Crippen LogP contribution in [0.1, 0.15) is 50.7 Å². The van der Waals surface area contributed by atoms with Gasteiger partial charge in [0.15, 0.2) is 11.6 Å². The molecular formula is C16H23FO2. The molecule has 3 heteroatoms. The third-order valence-corrected chi connectivity index (χ3v) is 3.10. The molecular weight excluding hydrogens is 243 g/mol. The molecule has 0 aliphatic heterocycles. The Balaban J connectivity index is 2.60. The number of unbranched alkanes of at least 4 members (excludes halogenated alkanes) is 1. The first-order chi connectivity index (χ1) is 9.08. The summed E-state index contributed by atoms with van der Waals surface area (Å²) in [4.78, 5) is 11.2. The van der Waals surface area contributed by atoms with Crippen LogP contribution in [0.2, 0.25) is 0 Å². The number of carbonyl (C=O) groups excluding carboxylic acids is 1. The molecule has 0 amide bonds. The quantitative estimate of drug-likeness (QED) is 0.658. The fourth-order valence-electron chi connectivity index (χ4n) is 2.07. The first-order valence-electron chi connectivity index (χ1n) is 7.02. The average Bonchev–Trinajstić information content (AvgIpc) is 2.39. The first-order valence-corrected chi connectivity index (χ1v) is 7.02. The molecule has 2 nitrogen and oxygen atoms in total. The van der Waals surface area contributed by atoms with Gasteiger partial charge in [-0.25, -0.2) is 4.39 Å². The van der Waals surface area contributed by atoms with E-state index in [0.29, 0.717) is 37.2 Å². The van der Waals surface area contributed by atoms with E-state index in [4.69, 9.17) is 4.74 Å². The molecule has 0 atom stereocenters. The van der Waals surface area contributed by atoms with E-state index >= 15 is 0 Å². The van der Waals surface area contributed by atoms with Crippen LogP contribution in [0.3, 0.4) is 0 Å². The number of ketones is 1. The molecule has 0 bridgehead atoms. The Labute approximate surface area is 115 Å². The van der Waals surface area contributed by atoms with Gasteiger partial charge in [0.25, 0.3) is 0 Å². The van der Waals surface area contributed by atoms with Crippen LogP contribution in [0, 0.1) is 12.7 Å². The minimum atomic E-state index is -0.255. The van der Waals surface area contributed by atoms with Gasteiger partial charge in [-0.15, -0.1) is 0 Å². The molecule has 1 aromatic carbocycles. The van der Waals surface area contributed by atoms with Gasteiger partial charge in [-0.2, -0.15) is 0 Å². The van der Waals surface area contributed by atoms with Gasteiger partial charge in [-0.05, 0) is 50.3 Å². The number of carbonyl (C=O) groups is 1.